The van der Waals surface area contributed by atoms with E-state index in [9.17, 15) is 13.2 Å². The lowest BCUT2D eigenvalue weighted by molar-refractivity contribution is 0.102. The van der Waals surface area contributed by atoms with Crippen LogP contribution in [0, 0.1) is 0 Å². The number of sulfone groups is 1. The first kappa shape index (κ1) is 22.5. The number of anilines is 3. The highest BCUT2D eigenvalue weighted by atomic mass is 32.2. The number of pyridine rings is 1. The molecule has 3 aromatic rings. The molecule has 0 aliphatic heterocycles. The van der Waals surface area contributed by atoms with Gasteiger partial charge in [-0.2, -0.15) is 0 Å². The fourth-order valence-corrected chi connectivity index (χ4v) is 4.42. The minimum absolute atomic E-state index is 0.0260. The predicted octanol–water partition coefficient (Wildman–Crippen LogP) is 4.39. The number of carbonyl (C=O) groups is 1. The second-order valence-electron chi connectivity index (χ2n) is 8.47. The molecule has 0 fully saturated rings. The molecule has 0 unspecified atom stereocenters. The van der Waals surface area contributed by atoms with Crippen LogP contribution in [0.25, 0.3) is 0 Å². The molecular weight excluding hydrogens is 410 g/mol. The van der Waals surface area contributed by atoms with Crippen molar-refractivity contribution < 1.29 is 13.2 Å². The second kappa shape index (κ2) is 8.51. The Labute approximate surface area is 183 Å². The van der Waals surface area contributed by atoms with Crippen LogP contribution in [0.5, 0.6) is 0 Å². The third-order valence-electron chi connectivity index (χ3n) is 4.94. The van der Waals surface area contributed by atoms with E-state index < -0.39 is 21.4 Å². The van der Waals surface area contributed by atoms with Crippen molar-refractivity contribution in [3.05, 3.63) is 78.0 Å². The van der Waals surface area contributed by atoms with Crippen molar-refractivity contribution in [1.82, 2.24) is 4.98 Å². The largest absolute Gasteiger partial charge is 0.399 e. The van der Waals surface area contributed by atoms with Gasteiger partial charge in [0.05, 0.1) is 10.5 Å². The number of aromatic nitrogens is 1. The summed E-state index contributed by atoms with van der Waals surface area (Å²) in [6, 6.07) is 18.9. The lowest BCUT2D eigenvalue weighted by Gasteiger charge is -2.25. The summed E-state index contributed by atoms with van der Waals surface area (Å²) in [5, 5.41) is 0. The van der Waals surface area contributed by atoms with Crippen molar-refractivity contribution >= 4 is 32.8 Å². The van der Waals surface area contributed by atoms with Gasteiger partial charge in [-0.15, -0.1) is 0 Å². The van der Waals surface area contributed by atoms with E-state index in [0.717, 1.165) is 11.4 Å². The number of Topliss-reactive ketones (excluding diaryl/α,β-unsaturated/α-hetero) is 1. The molecule has 162 valence electrons. The summed E-state index contributed by atoms with van der Waals surface area (Å²) in [4.78, 5) is 19.7. The van der Waals surface area contributed by atoms with E-state index in [2.05, 4.69) is 0 Å². The zero-order valence-electron chi connectivity index (χ0n) is 18.2. The Balaban J connectivity index is 2.04. The molecule has 31 heavy (non-hydrogen) atoms. The van der Waals surface area contributed by atoms with Gasteiger partial charge in [0.15, 0.2) is 15.6 Å². The number of ketones is 1. The Morgan fingerprint density at radius 2 is 1.68 bits per heavy atom. The summed E-state index contributed by atoms with van der Waals surface area (Å²) in [6.45, 7) is 6.11. The van der Waals surface area contributed by atoms with Crippen LogP contribution >= 0.6 is 0 Å². The minimum Gasteiger partial charge on any atom is -0.399 e. The molecular formula is C24H27N3O3S. The fraction of sp³-hybridized carbons (Fsp3) is 0.250. The van der Waals surface area contributed by atoms with Gasteiger partial charge in [-0.25, -0.2) is 13.4 Å². The SMILES string of the molecule is CN(c1ccccc1)c1nc(C(C)(C)C)ccc1C(=O)CS(=O)(=O)c1cccc(N)c1. The molecule has 1 aromatic heterocycles. The Hall–Kier alpha value is -3.19. The van der Waals surface area contributed by atoms with Crippen LogP contribution in [0.2, 0.25) is 0 Å². The molecule has 6 nitrogen and oxygen atoms in total. The third kappa shape index (κ3) is 5.11. The maximum Gasteiger partial charge on any atom is 0.185 e. The molecule has 0 aliphatic rings. The number of hydrogen-bond acceptors (Lipinski definition) is 6. The van der Waals surface area contributed by atoms with Crippen LogP contribution in [0.3, 0.4) is 0 Å². The molecule has 0 aliphatic carbocycles. The van der Waals surface area contributed by atoms with Crippen molar-refractivity contribution in [2.75, 3.05) is 23.4 Å². The van der Waals surface area contributed by atoms with Crippen LogP contribution in [0.15, 0.2) is 71.6 Å². The van der Waals surface area contributed by atoms with Crippen molar-refractivity contribution in [2.24, 2.45) is 0 Å². The number of nitrogens with two attached hydrogens (primary N) is 1. The molecule has 0 bridgehead atoms. The van der Waals surface area contributed by atoms with Crippen LogP contribution in [0.1, 0.15) is 36.8 Å². The van der Waals surface area contributed by atoms with Crippen molar-refractivity contribution in [3.63, 3.8) is 0 Å². The molecule has 0 spiro atoms. The normalized spacial score (nSPS) is 11.9. The Morgan fingerprint density at radius 1 is 1.00 bits per heavy atom. The van der Waals surface area contributed by atoms with Gasteiger partial charge >= 0.3 is 0 Å². The Bertz CT molecular complexity index is 1200. The molecule has 7 heteroatoms. The monoisotopic (exact) mass is 437 g/mol. The van der Waals surface area contributed by atoms with Gasteiger partial charge in [0.2, 0.25) is 0 Å². The number of para-hydroxylation sites is 1. The molecule has 0 saturated carbocycles. The number of benzene rings is 2. The van der Waals surface area contributed by atoms with E-state index in [4.69, 9.17) is 10.7 Å². The molecule has 3 rings (SSSR count). The zero-order valence-corrected chi connectivity index (χ0v) is 19.0. The molecule has 2 N–H and O–H groups in total. The van der Waals surface area contributed by atoms with Gasteiger partial charge in [0.25, 0.3) is 0 Å². The van der Waals surface area contributed by atoms with Crippen molar-refractivity contribution in [2.45, 2.75) is 31.1 Å². The standard InChI is InChI=1S/C24H27N3O3S/c1-24(2,3)22-14-13-20(23(26-22)27(4)18-10-6-5-7-11-18)21(28)16-31(29,30)19-12-8-9-17(25)15-19/h5-15H,16,25H2,1-4H3. The van der Waals surface area contributed by atoms with Crippen LogP contribution in [-0.2, 0) is 15.3 Å². The highest BCUT2D eigenvalue weighted by Gasteiger charge is 2.26. The fourth-order valence-electron chi connectivity index (χ4n) is 3.15. The van der Waals surface area contributed by atoms with Gasteiger partial charge in [0.1, 0.15) is 11.6 Å². The van der Waals surface area contributed by atoms with Crippen molar-refractivity contribution in [1.29, 1.82) is 0 Å². The summed E-state index contributed by atoms with van der Waals surface area (Å²) in [6.07, 6.45) is 0. The molecule has 0 radical (unpaired) electrons. The minimum atomic E-state index is -3.85. The van der Waals surface area contributed by atoms with Crippen LogP contribution < -0.4 is 10.6 Å². The quantitative estimate of drug-likeness (QED) is 0.454. The molecule has 0 saturated heterocycles. The maximum absolute atomic E-state index is 13.2. The van der Waals surface area contributed by atoms with E-state index in [1.807, 2.05) is 58.2 Å². The van der Waals surface area contributed by atoms with E-state index in [-0.39, 0.29) is 15.9 Å². The van der Waals surface area contributed by atoms with Crippen LogP contribution in [0.4, 0.5) is 17.2 Å². The summed E-state index contributed by atoms with van der Waals surface area (Å²) in [5.41, 5.74) is 7.71. The van der Waals surface area contributed by atoms with Gasteiger partial charge in [0, 0.05) is 29.5 Å². The zero-order chi connectivity index (χ0) is 22.8. The lowest BCUT2D eigenvalue weighted by atomic mass is 9.91. The molecule has 0 atom stereocenters. The topological polar surface area (TPSA) is 93.4 Å². The first-order valence-corrected chi connectivity index (χ1v) is 11.6. The summed E-state index contributed by atoms with van der Waals surface area (Å²) < 4.78 is 25.7. The summed E-state index contributed by atoms with van der Waals surface area (Å²) in [5.74, 6) is -0.762. The second-order valence-corrected chi connectivity index (χ2v) is 10.5. The average molecular weight is 438 g/mol. The van der Waals surface area contributed by atoms with Crippen molar-refractivity contribution in [3.8, 4) is 0 Å². The van der Waals surface area contributed by atoms with Crippen LogP contribution in [-0.4, -0.2) is 32.0 Å². The Morgan fingerprint density at radius 3 is 2.29 bits per heavy atom. The van der Waals surface area contributed by atoms with Gasteiger partial charge in [-0.05, 0) is 42.5 Å². The Kier molecular flexibility index (Phi) is 6.18. The molecule has 1 heterocycles. The maximum atomic E-state index is 13.2. The average Bonchev–Trinajstić information content (AvgIpc) is 2.72. The smallest absolute Gasteiger partial charge is 0.185 e. The van der Waals surface area contributed by atoms with E-state index in [1.54, 1.807) is 29.2 Å². The number of nitrogens with zero attached hydrogens (tertiary/aromatic N) is 2. The summed E-state index contributed by atoms with van der Waals surface area (Å²) in [7, 11) is -2.04. The van der Waals surface area contributed by atoms with Gasteiger partial charge < -0.3 is 10.6 Å². The van der Waals surface area contributed by atoms with Gasteiger partial charge in [-0.3, -0.25) is 4.79 Å². The first-order chi connectivity index (χ1) is 14.5. The predicted molar refractivity (Wildman–Crippen MR) is 125 cm³/mol. The van der Waals surface area contributed by atoms with Gasteiger partial charge in [-0.1, -0.05) is 45.0 Å². The number of carbonyl (C=O) groups excluding carboxylic acids is 1. The van der Waals surface area contributed by atoms with E-state index in [0.29, 0.717) is 11.5 Å². The van der Waals surface area contributed by atoms with E-state index >= 15 is 0 Å². The molecule has 2 aromatic carbocycles. The number of nitrogen functional groups attached to an aromatic ring is 1. The highest BCUT2D eigenvalue weighted by molar-refractivity contribution is 7.92. The third-order valence-corrected chi connectivity index (χ3v) is 6.56. The highest BCUT2D eigenvalue weighted by Crippen LogP contribution is 2.30. The van der Waals surface area contributed by atoms with E-state index in [1.165, 1.54) is 12.1 Å². The lowest BCUT2D eigenvalue weighted by Crippen LogP contribution is -2.23. The number of rotatable bonds is 6. The first-order valence-electron chi connectivity index (χ1n) is 9.91. The molecule has 0 amide bonds. The summed E-state index contributed by atoms with van der Waals surface area (Å²) >= 11 is 0. The number of hydrogen-bond donors (Lipinski definition) is 1.